The average molecular weight is 441 g/mol. The van der Waals surface area contributed by atoms with E-state index >= 15 is 0 Å². The monoisotopic (exact) mass is 440 g/mol. The van der Waals surface area contributed by atoms with Gasteiger partial charge in [0.05, 0.1) is 17.0 Å². The molecular formula is C24H32N4O2S. The molecule has 7 heteroatoms. The fraction of sp³-hybridized carbons (Fsp3) is 0.458. The largest absolute Gasteiger partial charge is 0.385 e. The Balaban J connectivity index is 1.97. The van der Waals surface area contributed by atoms with Crippen molar-refractivity contribution in [3.8, 4) is 22.0 Å². The van der Waals surface area contributed by atoms with E-state index in [-0.39, 0.29) is 11.9 Å². The summed E-state index contributed by atoms with van der Waals surface area (Å²) in [5.74, 6) is -0.0317. The average Bonchev–Trinajstić information content (AvgIpc) is 3.39. The number of hydrogen-bond donors (Lipinski definition) is 1. The fourth-order valence-electron chi connectivity index (χ4n) is 3.47. The van der Waals surface area contributed by atoms with Gasteiger partial charge in [-0.3, -0.25) is 9.78 Å². The number of ether oxygens (including phenoxy) is 1. The van der Waals surface area contributed by atoms with Gasteiger partial charge in [0.15, 0.2) is 0 Å². The minimum absolute atomic E-state index is 0.0317. The Labute approximate surface area is 188 Å². The van der Waals surface area contributed by atoms with Crippen LogP contribution in [0.1, 0.15) is 55.4 Å². The van der Waals surface area contributed by atoms with Gasteiger partial charge in [0.25, 0.3) is 5.91 Å². The van der Waals surface area contributed by atoms with Crippen LogP contribution in [-0.2, 0) is 17.7 Å². The summed E-state index contributed by atoms with van der Waals surface area (Å²) in [6, 6.07) is 6.20. The lowest BCUT2D eigenvalue weighted by Crippen LogP contribution is -2.32. The van der Waals surface area contributed by atoms with E-state index in [1.54, 1.807) is 18.4 Å². The molecular weight excluding hydrogens is 408 g/mol. The molecule has 3 rings (SSSR count). The SMILES string of the molecule is CCc1cc(-c2nc(-c3cc(C(=O)NC(C)CC)c(C)n3CCCOC)cs2)ccn1. The molecule has 1 atom stereocenters. The number of amides is 1. The maximum absolute atomic E-state index is 12.9. The number of rotatable bonds is 10. The highest BCUT2D eigenvalue weighted by Crippen LogP contribution is 2.32. The van der Waals surface area contributed by atoms with Crippen LogP contribution < -0.4 is 5.32 Å². The molecule has 1 amide bonds. The Kier molecular flexibility index (Phi) is 7.98. The Morgan fingerprint density at radius 2 is 2.13 bits per heavy atom. The molecule has 1 unspecified atom stereocenters. The molecule has 0 aromatic carbocycles. The van der Waals surface area contributed by atoms with Gasteiger partial charge in [-0.1, -0.05) is 13.8 Å². The highest BCUT2D eigenvalue weighted by Gasteiger charge is 2.21. The number of carbonyl (C=O) groups is 1. The van der Waals surface area contributed by atoms with Gasteiger partial charge in [0.1, 0.15) is 5.01 Å². The molecule has 0 saturated carbocycles. The van der Waals surface area contributed by atoms with E-state index in [4.69, 9.17) is 9.72 Å². The van der Waals surface area contributed by atoms with Gasteiger partial charge in [-0.15, -0.1) is 11.3 Å². The van der Waals surface area contributed by atoms with Crippen LogP contribution in [0.15, 0.2) is 29.8 Å². The van der Waals surface area contributed by atoms with Crippen LogP contribution in [0.5, 0.6) is 0 Å². The molecule has 3 aromatic heterocycles. The van der Waals surface area contributed by atoms with Crippen LogP contribution in [0.4, 0.5) is 0 Å². The highest BCUT2D eigenvalue weighted by molar-refractivity contribution is 7.13. The molecule has 0 aliphatic rings. The van der Waals surface area contributed by atoms with Gasteiger partial charge in [-0.05, 0) is 51.3 Å². The van der Waals surface area contributed by atoms with E-state index in [0.717, 1.165) is 59.2 Å². The zero-order valence-electron chi connectivity index (χ0n) is 19.1. The molecule has 31 heavy (non-hydrogen) atoms. The maximum atomic E-state index is 12.9. The number of aryl methyl sites for hydroxylation is 1. The van der Waals surface area contributed by atoms with Crippen molar-refractivity contribution in [2.24, 2.45) is 0 Å². The van der Waals surface area contributed by atoms with E-state index < -0.39 is 0 Å². The van der Waals surface area contributed by atoms with Gasteiger partial charge in [-0.25, -0.2) is 4.98 Å². The molecule has 0 bridgehead atoms. The molecule has 0 saturated heterocycles. The van der Waals surface area contributed by atoms with E-state index in [1.165, 1.54) is 0 Å². The topological polar surface area (TPSA) is 69.0 Å². The van der Waals surface area contributed by atoms with E-state index in [9.17, 15) is 4.79 Å². The lowest BCUT2D eigenvalue weighted by atomic mass is 10.2. The van der Waals surface area contributed by atoms with Crippen molar-refractivity contribution in [1.82, 2.24) is 19.9 Å². The van der Waals surface area contributed by atoms with E-state index in [2.05, 4.69) is 40.2 Å². The summed E-state index contributed by atoms with van der Waals surface area (Å²) < 4.78 is 7.43. The van der Waals surface area contributed by atoms with E-state index in [0.29, 0.717) is 12.2 Å². The van der Waals surface area contributed by atoms with Crippen LogP contribution in [0.3, 0.4) is 0 Å². The number of thiazole rings is 1. The number of pyridine rings is 1. The lowest BCUT2D eigenvalue weighted by molar-refractivity contribution is 0.0938. The number of carbonyl (C=O) groups excluding carboxylic acids is 1. The zero-order chi connectivity index (χ0) is 22.4. The van der Waals surface area contributed by atoms with Crippen LogP contribution in [0.2, 0.25) is 0 Å². The maximum Gasteiger partial charge on any atom is 0.253 e. The second-order valence-electron chi connectivity index (χ2n) is 7.74. The first-order chi connectivity index (χ1) is 15.0. The number of nitrogens with one attached hydrogen (secondary N) is 1. The van der Waals surface area contributed by atoms with Gasteiger partial charge < -0.3 is 14.6 Å². The summed E-state index contributed by atoms with van der Waals surface area (Å²) in [7, 11) is 1.71. The second-order valence-corrected chi connectivity index (χ2v) is 8.59. The fourth-order valence-corrected chi connectivity index (χ4v) is 4.29. The lowest BCUT2D eigenvalue weighted by Gasteiger charge is -2.12. The number of hydrogen-bond acceptors (Lipinski definition) is 5. The molecule has 0 aliphatic heterocycles. The van der Waals surface area contributed by atoms with Crippen LogP contribution in [-0.4, -0.2) is 40.2 Å². The number of methoxy groups -OCH3 is 1. The van der Waals surface area contributed by atoms with Crippen molar-refractivity contribution in [2.75, 3.05) is 13.7 Å². The van der Waals surface area contributed by atoms with Crippen molar-refractivity contribution in [1.29, 1.82) is 0 Å². The first-order valence-electron chi connectivity index (χ1n) is 10.9. The molecule has 0 radical (unpaired) electrons. The molecule has 1 N–H and O–H groups in total. The highest BCUT2D eigenvalue weighted by atomic mass is 32.1. The summed E-state index contributed by atoms with van der Waals surface area (Å²) in [6.45, 7) is 9.64. The van der Waals surface area contributed by atoms with Crippen molar-refractivity contribution in [3.63, 3.8) is 0 Å². The Hall–Kier alpha value is -2.51. The standard InChI is InChI=1S/C24H32N4O2S/c1-6-16(3)26-23(29)20-14-22(28(17(20)4)11-8-12-30-5)21-15-31-24(27-21)18-9-10-25-19(7-2)13-18/h9-10,13-16H,6-8,11-12H2,1-5H3,(H,26,29). The van der Waals surface area contributed by atoms with Crippen LogP contribution in [0, 0.1) is 6.92 Å². The van der Waals surface area contributed by atoms with Gasteiger partial charge in [0, 0.05) is 54.8 Å². The molecule has 0 aliphatic carbocycles. The summed E-state index contributed by atoms with van der Waals surface area (Å²) in [4.78, 5) is 22.2. The first-order valence-corrected chi connectivity index (χ1v) is 11.8. The number of aromatic nitrogens is 3. The third-order valence-electron chi connectivity index (χ3n) is 5.52. The van der Waals surface area contributed by atoms with Crippen molar-refractivity contribution in [3.05, 3.63) is 46.7 Å². The van der Waals surface area contributed by atoms with Gasteiger partial charge in [-0.2, -0.15) is 0 Å². The summed E-state index contributed by atoms with van der Waals surface area (Å²) in [6.07, 6.45) is 4.49. The van der Waals surface area contributed by atoms with Crippen LogP contribution in [0.25, 0.3) is 22.0 Å². The van der Waals surface area contributed by atoms with Crippen molar-refractivity contribution < 1.29 is 9.53 Å². The van der Waals surface area contributed by atoms with Crippen molar-refractivity contribution in [2.45, 2.75) is 59.5 Å². The molecule has 3 aromatic rings. The number of nitrogens with zero attached hydrogens (tertiary/aromatic N) is 3. The molecule has 166 valence electrons. The predicted molar refractivity (Wildman–Crippen MR) is 127 cm³/mol. The Bertz CT molecular complexity index is 1020. The predicted octanol–water partition coefficient (Wildman–Crippen LogP) is 5.11. The summed E-state index contributed by atoms with van der Waals surface area (Å²) in [5, 5.41) is 6.12. The minimum atomic E-state index is -0.0317. The van der Waals surface area contributed by atoms with Gasteiger partial charge >= 0.3 is 0 Å². The molecule has 0 fully saturated rings. The van der Waals surface area contributed by atoms with Gasteiger partial charge in [0.2, 0.25) is 0 Å². The first kappa shape index (κ1) is 23.2. The third kappa shape index (κ3) is 5.40. The second kappa shape index (κ2) is 10.7. The molecule has 3 heterocycles. The summed E-state index contributed by atoms with van der Waals surface area (Å²) >= 11 is 1.61. The Morgan fingerprint density at radius 1 is 1.32 bits per heavy atom. The third-order valence-corrected chi connectivity index (χ3v) is 6.41. The van der Waals surface area contributed by atoms with Crippen LogP contribution >= 0.6 is 11.3 Å². The molecule has 0 spiro atoms. The zero-order valence-corrected chi connectivity index (χ0v) is 19.9. The summed E-state index contributed by atoms with van der Waals surface area (Å²) in [5.41, 5.74) is 5.65. The quantitative estimate of drug-likeness (QED) is 0.445. The molecule has 6 nitrogen and oxygen atoms in total. The smallest absolute Gasteiger partial charge is 0.253 e. The van der Waals surface area contributed by atoms with E-state index in [1.807, 2.05) is 32.2 Å². The Morgan fingerprint density at radius 3 is 2.84 bits per heavy atom. The normalized spacial score (nSPS) is 12.2. The van der Waals surface area contributed by atoms with Crippen molar-refractivity contribution >= 4 is 17.2 Å². The minimum Gasteiger partial charge on any atom is -0.385 e.